The van der Waals surface area contributed by atoms with E-state index in [9.17, 15) is 4.39 Å². The maximum Gasteiger partial charge on any atom is 0.138 e. The van der Waals surface area contributed by atoms with Crippen LogP contribution in [0.1, 0.15) is 24.0 Å². The van der Waals surface area contributed by atoms with Crippen molar-refractivity contribution in [1.29, 1.82) is 0 Å². The summed E-state index contributed by atoms with van der Waals surface area (Å²) < 4.78 is 25.0. The lowest BCUT2D eigenvalue weighted by Gasteiger charge is -2.13. The minimum atomic E-state index is -0.790. The zero-order chi connectivity index (χ0) is 20.1. The second-order valence-corrected chi connectivity index (χ2v) is 6.30. The van der Waals surface area contributed by atoms with E-state index in [-0.39, 0.29) is 0 Å². The number of carbonyl (C=O) groups is 1. The lowest BCUT2D eigenvalue weighted by molar-refractivity contribution is -0.0979. The van der Waals surface area contributed by atoms with Crippen molar-refractivity contribution < 1.29 is 18.7 Å². The van der Waals surface area contributed by atoms with Crippen molar-refractivity contribution in [3.05, 3.63) is 58.6 Å². The lowest BCUT2D eigenvalue weighted by atomic mass is 10.0. The molecule has 148 valence electrons. The monoisotopic (exact) mass is 395 g/mol. The van der Waals surface area contributed by atoms with E-state index < -0.39 is 6.17 Å². The highest BCUT2D eigenvalue weighted by atomic mass is 35.5. The summed E-state index contributed by atoms with van der Waals surface area (Å²) in [4.78, 5) is 8.00. The Bertz CT molecular complexity index is 684. The highest BCUT2D eigenvalue weighted by Gasteiger charge is 2.10. The minimum Gasteiger partial charge on any atom is -0.496 e. The molecule has 0 aliphatic rings. The van der Waals surface area contributed by atoms with E-state index >= 15 is 0 Å². The SMILES string of the molecule is C=O.CNCCC(F)CCc1ccc(COc2ccccc2Cl)c(OC)c1. The quantitative estimate of drug-likeness (QED) is 0.637. The molecule has 6 heteroatoms. The van der Waals surface area contributed by atoms with Gasteiger partial charge in [0.15, 0.2) is 0 Å². The zero-order valence-electron chi connectivity index (χ0n) is 15.8. The van der Waals surface area contributed by atoms with Crippen LogP contribution in [0.4, 0.5) is 4.39 Å². The Morgan fingerprint density at radius 2 is 1.89 bits per heavy atom. The topological polar surface area (TPSA) is 47.6 Å². The van der Waals surface area contributed by atoms with Gasteiger partial charge in [-0.3, -0.25) is 0 Å². The molecule has 0 saturated carbocycles. The Balaban J connectivity index is 0.00000176. The van der Waals surface area contributed by atoms with Gasteiger partial charge < -0.3 is 19.6 Å². The number of nitrogens with one attached hydrogen (secondary N) is 1. The fourth-order valence-corrected chi connectivity index (χ4v) is 2.74. The summed E-state index contributed by atoms with van der Waals surface area (Å²) in [5, 5.41) is 3.55. The standard InChI is InChI=1S/C20H25ClFNO2.CH2O/c1-23-12-11-17(22)10-8-15-7-9-16(20(13-15)24-2)14-25-19-6-4-3-5-18(19)21;1-2/h3-7,9,13,17,23H,8,10-12,14H2,1-2H3;1H2. The van der Waals surface area contributed by atoms with Crippen molar-refractivity contribution in [3.8, 4) is 11.5 Å². The van der Waals surface area contributed by atoms with Gasteiger partial charge in [0.25, 0.3) is 0 Å². The molecule has 0 fully saturated rings. The largest absolute Gasteiger partial charge is 0.496 e. The Morgan fingerprint density at radius 3 is 2.56 bits per heavy atom. The van der Waals surface area contributed by atoms with E-state index in [1.54, 1.807) is 13.2 Å². The van der Waals surface area contributed by atoms with Crippen LogP contribution in [0.2, 0.25) is 5.02 Å². The molecule has 0 aliphatic carbocycles. The molecule has 1 atom stereocenters. The van der Waals surface area contributed by atoms with E-state index in [1.807, 2.05) is 50.2 Å². The van der Waals surface area contributed by atoms with Gasteiger partial charge in [0.2, 0.25) is 0 Å². The molecule has 0 aromatic heterocycles. The molecule has 1 N–H and O–H groups in total. The molecule has 0 saturated heterocycles. The normalized spacial score (nSPS) is 11.3. The van der Waals surface area contributed by atoms with E-state index in [0.717, 1.165) is 16.9 Å². The van der Waals surface area contributed by atoms with E-state index in [0.29, 0.717) is 43.2 Å². The Hall–Kier alpha value is -2.11. The van der Waals surface area contributed by atoms with Crippen LogP contribution < -0.4 is 14.8 Å². The predicted octanol–water partition coefficient (Wildman–Crippen LogP) is 4.62. The third kappa shape index (κ3) is 7.97. The zero-order valence-corrected chi connectivity index (χ0v) is 16.6. The number of carbonyl (C=O) groups excluding carboxylic acids is 1. The molecule has 0 heterocycles. The summed E-state index contributed by atoms with van der Waals surface area (Å²) in [6.07, 6.45) is 0.951. The van der Waals surface area contributed by atoms with Gasteiger partial charge in [0.1, 0.15) is 31.1 Å². The molecular weight excluding hydrogens is 369 g/mol. The van der Waals surface area contributed by atoms with Gasteiger partial charge in [-0.15, -0.1) is 0 Å². The average Bonchev–Trinajstić information content (AvgIpc) is 2.71. The van der Waals surface area contributed by atoms with Crippen molar-refractivity contribution in [2.45, 2.75) is 32.0 Å². The average molecular weight is 396 g/mol. The number of hydrogen-bond acceptors (Lipinski definition) is 4. The molecule has 1 unspecified atom stereocenters. The maximum absolute atomic E-state index is 13.8. The van der Waals surface area contributed by atoms with Crippen LogP contribution in [0, 0.1) is 0 Å². The van der Waals surface area contributed by atoms with Crippen LogP contribution >= 0.6 is 11.6 Å². The second kappa shape index (κ2) is 13.1. The highest BCUT2D eigenvalue weighted by molar-refractivity contribution is 6.32. The first-order chi connectivity index (χ1) is 13.1. The van der Waals surface area contributed by atoms with Crippen LogP contribution in [-0.4, -0.2) is 33.7 Å². The van der Waals surface area contributed by atoms with Gasteiger partial charge in [0.05, 0.1) is 12.1 Å². The summed E-state index contributed by atoms with van der Waals surface area (Å²) in [7, 11) is 3.46. The van der Waals surface area contributed by atoms with Crippen molar-refractivity contribution in [2.75, 3.05) is 20.7 Å². The summed E-state index contributed by atoms with van der Waals surface area (Å²) in [6.45, 7) is 3.06. The molecule has 0 bridgehead atoms. The van der Waals surface area contributed by atoms with Crippen LogP contribution in [0.25, 0.3) is 0 Å². The summed E-state index contributed by atoms with van der Waals surface area (Å²) >= 11 is 6.10. The molecule has 0 aliphatic heterocycles. The van der Waals surface area contributed by atoms with Crippen molar-refractivity contribution in [3.63, 3.8) is 0 Å². The van der Waals surface area contributed by atoms with Gasteiger partial charge in [-0.2, -0.15) is 0 Å². The fraction of sp³-hybridized carbons (Fsp3) is 0.381. The number of ether oxygens (including phenoxy) is 2. The van der Waals surface area contributed by atoms with Gasteiger partial charge in [-0.25, -0.2) is 4.39 Å². The number of alkyl halides is 1. The van der Waals surface area contributed by atoms with Crippen molar-refractivity contribution >= 4 is 18.4 Å². The first-order valence-corrected chi connectivity index (χ1v) is 9.12. The Kier molecular flexibility index (Phi) is 11.1. The number of methoxy groups -OCH3 is 1. The number of rotatable bonds is 10. The number of halogens is 2. The molecular formula is C21H27ClFNO3. The third-order valence-corrected chi connectivity index (χ3v) is 4.34. The number of benzene rings is 2. The first-order valence-electron chi connectivity index (χ1n) is 8.74. The Labute approximate surface area is 165 Å². The van der Waals surface area contributed by atoms with Gasteiger partial charge in [-0.1, -0.05) is 35.9 Å². The van der Waals surface area contributed by atoms with Crippen molar-refractivity contribution in [2.24, 2.45) is 0 Å². The second-order valence-electron chi connectivity index (χ2n) is 5.89. The van der Waals surface area contributed by atoms with E-state index in [4.69, 9.17) is 25.9 Å². The molecule has 27 heavy (non-hydrogen) atoms. The van der Waals surface area contributed by atoms with Gasteiger partial charge >= 0.3 is 0 Å². The molecule has 0 amide bonds. The molecule has 0 radical (unpaired) electrons. The summed E-state index contributed by atoms with van der Waals surface area (Å²) in [5.74, 6) is 1.38. The highest BCUT2D eigenvalue weighted by Crippen LogP contribution is 2.27. The molecule has 0 spiro atoms. The molecule has 2 aromatic rings. The molecule has 2 rings (SSSR count). The molecule has 4 nitrogen and oxygen atoms in total. The van der Waals surface area contributed by atoms with E-state index in [2.05, 4.69) is 5.32 Å². The summed E-state index contributed by atoms with van der Waals surface area (Å²) in [6, 6.07) is 13.3. The van der Waals surface area contributed by atoms with Gasteiger partial charge in [-0.05, 0) is 56.6 Å². The number of para-hydroxylation sites is 1. The molecule has 2 aromatic carbocycles. The van der Waals surface area contributed by atoms with Crippen LogP contribution in [0.3, 0.4) is 0 Å². The maximum atomic E-state index is 13.8. The van der Waals surface area contributed by atoms with Gasteiger partial charge in [0, 0.05) is 5.56 Å². The Morgan fingerprint density at radius 1 is 1.15 bits per heavy atom. The van der Waals surface area contributed by atoms with Crippen LogP contribution in [-0.2, 0) is 17.8 Å². The van der Waals surface area contributed by atoms with Crippen molar-refractivity contribution in [1.82, 2.24) is 5.32 Å². The fourth-order valence-electron chi connectivity index (χ4n) is 2.55. The lowest BCUT2D eigenvalue weighted by Crippen LogP contribution is -2.14. The summed E-state index contributed by atoms with van der Waals surface area (Å²) in [5.41, 5.74) is 1.99. The third-order valence-electron chi connectivity index (χ3n) is 4.03. The number of aryl methyl sites for hydroxylation is 1. The number of hydrogen-bond donors (Lipinski definition) is 1. The van der Waals surface area contributed by atoms with Crippen LogP contribution in [0.15, 0.2) is 42.5 Å². The van der Waals surface area contributed by atoms with Crippen LogP contribution in [0.5, 0.6) is 11.5 Å². The smallest absolute Gasteiger partial charge is 0.138 e. The minimum absolute atomic E-state index is 0.362. The first kappa shape index (κ1) is 22.9. The van der Waals surface area contributed by atoms with E-state index in [1.165, 1.54) is 0 Å². The predicted molar refractivity (Wildman–Crippen MR) is 108 cm³/mol.